The first-order valence-corrected chi connectivity index (χ1v) is 10.4. The zero-order valence-corrected chi connectivity index (χ0v) is 17.6. The van der Waals surface area contributed by atoms with Gasteiger partial charge in [0.25, 0.3) is 11.8 Å². The maximum absolute atomic E-state index is 13.6. The molecule has 0 N–H and O–H groups in total. The lowest BCUT2D eigenvalue weighted by Crippen LogP contribution is -2.34. The first-order valence-electron chi connectivity index (χ1n) is 9.65. The first-order chi connectivity index (χ1) is 15.0. The average Bonchev–Trinajstić information content (AvgIpc) is 3.29. The first kappa shape index (κ1) is 19.8. The van der Waals surface area contributed by atoms with E-state index in [0.717, 1.165) is 22.6 Å². The van der Waals surface area contributed by atoms with Gasteiger partial charge < -0.3 is 4.90 Å². The Hall–Kier alpha value is -3.15. The summed E-state index contributed by atoms with van der Waals surface area (Å²) in [5.41, 5.74) is 3.28. The molecule has 154 valence electrons. The Morgan fingerprint density at radius 1 is 0.839 bits per heavy atom. The summed E-state index contributed by atoms with van der Waals surface area (Å²) in [7, 11) is 0. The number of imide groups is 1. The molecule has 3 aromatic rings. The Morgan fingerprint density at radius 2 is 1.58 bits per heavy atom. The van der Waals surface area contributed by atoms with Crippen LogP contribution < -0.4 is 9.80 Å². The summed E-state index contributed by atoms with van der Waals surface area (Å²) < 4.78 is 13.6. The fourth-order valence-corrected chi connectivity index (χ4v) is 4.37. The number of carbonyl (C=O) groups excluding carboxylic acids is 2. The van der Waals surface area contributed by atoms with E-state index in [1.807, 2.05) is 29.2 Å². The molecule has 2 heterocycles. The van der Waals surface area contributed by atoms with Gasteiger partial charge in [-0.05, 0) is 53.9 Å². The Bertz CT molecular complexity index is 1270. The molecule has 0 bridgehead atoms. The van der Waals surface area contributed by atoms with Crippen LogP contribution >= 0.6 is 23.2 Å². The lowest BCUT2D eigenvalue weighted by atomic mass is 10.0. The zero-order chi connectivity index (χ0) is 21.7. The van der Waals surface area contributed by atoms with Gasteiger partial charge in [-0.25, -0.2) is 9.29 Å². The van der Waals surface area contributed by atoms with Crippen LogP contribution in [0.2, 0.25) is 10.0 Å². The summed E-state index contributed by atoms with van der Waals surface area (Å²) in [6, 6.07) is 18.0. The summed E-state index contributed by atoms with van der Waals surface area (Å²) in [5, 5.41) is 0.563. The van der Waals surface area contributed by atoms with E-state index in [1.54, 1.807) is 12.1 Å². The van der Waals surface area contributed by atoms with E-state index in [4.69, 9.17) is 23.2 Å². The quantitative estimate of drug-likeness (QED) is 0.494. The standard InChI is InChI=1S/C24H15Cl2FN2O2/c25-18-10-9-17(13-19(18)26)29-23(30)21(15-5-7-16(27)8-6-15)22(24(29)31)28-12-11-14-3-1-2-4-20(14)28/h1-10,13H,11-12H2. The molecule has 2 amide bonds. The molecule has 0 unspecified atom stereocenters. The number of fused-ring (bicyclic) bond motifs is 1. The molecule has 5 rings (SSSR count). The van der Waals surface area contributed by atoms with Crippen LogP contribution in [-0.4, -0.2) is 18.4 Å². The van der Waals surface area contributed by atoms with Gasteiger partial charge >= 0.3 is 0 Å². The number of anilines is 2. The maximum atomic E-state index is 13.6. The van der Waals surface area contributed by atoms with Crippen molar-refractivity contribution in [2.24, 2.45) is 0 Å². The van der Waals surface area contributed by atoms with Crippen LogP contribution in [0.3, 0.4) is 0 Å². The lowest BCUT2D eigenvalue weighted by Gasteiger charge is -2.22. The highest BCUT2D eigenvalue weighted by atomic mass is 35.5. The molecule has 0 fully saturated rings. The van der Waals surface area contributed by atoms with Gasteiger partial charge in [0.2, 0.25) is 0 Å². The van der Waals surface area contributed by atoms with Crippen LogP contribution in [0.25, 0.3) is 5.57 Å². The molecule has 0 saturated heterocycles. The molecule has 0 atom stereocenters. The molecule has 31 heavy (non-hydrogen) atoms. The minimum Gasteiger partial charge on any atom is -0.336 e. The van der Waals surface area contributed by atoms with Crippen LogP contribution in [0.4, 0.5) is 15.8 Å². The van der Waals surface area contributed by atoms with Crippen molar-refractivity contribution in [3.63, 3.8) is 0 Å². The molecule has 0 spiro atoms. The van der Waals surface area contributed by atoms with Crippen molar-refractivity contribution in [2.45, 2.75) is 6.42 Å². The number of rotatable bonds is 3. The van der Waals surface area contributed by atoms with Gasteiger partial charge in [0, 0.05) is 12.2 Å². The number of para-hydroxylation sites is 1. The van der Waals surface area contributed by atoms with Gasteiger partial charge in [0.15, 0.2) is 0 Å². The molecule has 0 radical (unpaired) electrons. The highest BCUT2D eigenvalue weighted by molar-refractivity contribution is 6.47. The zero-order valence-electron chi connectivity index (χ0n) is 16.1. The predicted molar refractivity (Wildman–Crippen MR) is 120 cm³/mol. The SMILES string of the molecule is O=C1C(c2ccc(F)cc2)=C(N2CCc3ccccc32)C(=O)N1c1ccc(Cl)c(Cl)c1. The fraction of sp³-hybridized carbons (Fsp3) is 0.0833. The number of hydrogen-bond acceptors (Lipinski definition) is 3. The number of carbonyl (C=O) groups is 2. The van der Waals surface area contributed by atoms with Crippen molar-refractivity contribution in [2.75, 3.05) is 16.3 Å². The van der Waals surface area contributed by atoms with Crippen molar-refractivity contribution >= 4 is 52.0 Å². The minimum absolute atomic E-state index is 0.229. The second kappa shape index (κ2) is 7.52. The van der Waals surface area contributed by atoms with Crippen LogP contribution in [0.1, 0.15) is 11.1 Å². The Balaban J connectivity index is 1.68. The van der Waals surface area contributed by atoms with E-state index in [0.29, 0.717) is 22.8 Å². The average molecular weight is 453 g/mol. The van der Waals surface area contributed by atoms with Crippen LogP contribution in [0.15, 0.2) is 72.4 Å². The second-order valence-electron chi connectivity index (χ2n) is 7.30. The van der Waals surface area contributed by atoms with Gasteiger partial charge in [0.05, 0.1) is 21.3 Å². The highest BCUT2D eigenvalue weighted by Crippen LogP contribution is 2.40. The number of halogens is 3. The van der Waals surface area contributed by atoms with Gasteiger partial charge in [-0.3, -0.25) is 9.59 Å². The molecule has 0 saturated carbocycles. The van der Waals surface area contributed by atoms with E-state index in [-0.39, 0.29) is 16.3 Å². The summed E-state index contributed by atoms with van der Waals surface area (Å²) in [5.74, 6) is -1.37. The molecule has 4 nitrogen and oxygen atoms in total. The van der Waals surface area contributed by atoms with E-state index >= 15 is 0 Å². The molecule has 3 aromatic carbocycles. The number of benzene rings is 3. The normalized spacial score (nSPS) is 15.8. The summed E-state index contributed by atoms with van der Waals surface area (Å²) in [4.78, 5) is 30.1. The molecule has 7 heteroatoms. The van der Waals surface area contributed by atoms with Gasteiger partial charge in [-0.15, -0.1) is 0 Å². The molecule has 0 aliphatic carbocycles. The van der Waals surface area contributed by atoms with Crippen molar-refractivity contribution in [3.8, 4) is 0 Å². The number of amides is 2. The summed E-state index contributed by atoms with van der Waals surface area (Å²) in [6.07, 6.45) is 0.755. The number of hydrogen-bond donors (Lipinski definition) is 0. The highest BCUT2D eigenvalue weighted by Gasteiger charge is 2.44. The monoisotopic (exact) mass is 452 g/mol. The molecule has 0 aromatic heterocycles. The van der Waals surface area contributed by atoms with E-state index < -0.39 is 17.6 Å². The molecule has 2 aliphatic heterocycles. The van der Waals surface area contributed by atoms with Crippen LogP contribution in [0.5, 0.6) is 0 Å². The van der Waals surface area contributed by atoms with Crippen molar-refractivity contribution in [1.82, 2.24) is 0 Å². The molecular formula is C24H15Cl2FN2O2. The van der Waals surface area contributed by atoms with E-state index in [1.165, 1.54) is 30.3 Å². The van der Waals surface area contributed by atoms with Crippen molar-refractivity contribution in [3.05, 3.63) is 99.4 Å². The number of nitrogens with zero attached hydrogens (tertiary/aromatic N) is 2. The maximum Gasteiger partial charge on any atom is 0.282 e. The van der Waals surface area contributed by atoms with Gasteiger partial charge in [-0.1, -0.05) is 53.5 Å². The smallest absolute Gasteiger partial charge is 0.282 e. The third-order valence-electron chi connectivity index (χ3n) is 5.51. The Labute approximate surface area is 188 Å². The van der Waals surface area contributed by atoms with Crippen LogP contribution in [0, 0.1) is 5.82 Å². The Kier molecular flexibility index (Phi) is 4.80. The van der Waals surface area contributed by atoms with Crippen LogP contribution in [-0.2, 0) is 16.0 Å². The third kappa shape index (κ3) is 3.21. The van der Waals surface area contributed by atoms with E-state index in [9.17, 15) is 14.0 Å². The fourth-order valence-electron chi connectivity index (χ4n) is 4.07. The Morgan fingerprint density at radius 3 is 2.32 bits per heavy atom. The summed E-state index contributed by atoms with van der Waals surface area (Å²) >= 11 is 12.2. The summed E-state index contributed by atoms with van der Waals surface area (Å²) in [6.45, 7) is 0.563. The van der Waals surface area contributed by atoms with Crippen molar-refractivity contribution in [1.29, 1.82) is 0 Å². The minimum atomic E-state index is -0.491. The lowest BCUT2D eigenvalue weighted by molar-refractivity contribution is -0.120. The molecular weight excluding hydrogens is 438 g/mol. The predicted octanol–water partition coefficient (Wildman–Crippen LogP) is 5.48. The third-order valence-corrected chi connectivity index (χ3v) is 6.25. The van der Waals surface area contributed by atoms with E-state index in [2.05, 4.69) is 0 Å². The van der Waals surface area contributed by atoms with Gasteiger partial charge in [0.1, 0.15) is 11.5 Å². The molecule has 2 aliphatic rings. The van der Waals surface area contributed by atoms with Gasteiger partial charge in [-0.2, -0.15) is 0 Å². The topological polar surface area (TPSA) is 40.6 Å². The largest absolute Gasteiger partial charge is 0.336 e. The van der Waals surface area contributed by atoms with Crippen molar-refractivity contribution < 1.29 is 14.0 Å². The second-order valence-corrected chi connectivity index (χ2v) is 8.12.